The predicted molar refractivity (Wildman–Crippen MR) is 63.3 cm³/mol. The van der Waals surface area contributed by atoms with Gasteiger partial charge in [0, 0.05) is 12.1 Å². The summed E-state index contributed by atoms with van der Waals surface area (Å²) in [7, 11) is 0. The maximum absolute atomic E-state index is 10.6. The molecule has 1 heterocycles. The zero-order chi connectivity index (χ0) is 12.7. The van der Waals surface area contributed by atoms with Gasteiger partial charge in [0.05, 0.1) is 17.1 Å². The first-order valence-corrected chi connectivity index (χ1v) is 5.61. The summed E-state index contributed by atoms with van der Waals surface area (Å²) in [5, 5.41) is 22.8. The van der Waals surface area contributed by atoms with E-state index in [1.54, 1.807) is 6.07 Å². The molecule has 0 unspecified atom stereocenters. The molecule has 0 bridgehead atoms. The average molecular weight is 249 g/mol. The molecule has 2 aromatic rings. The van der Waals surface area contributed by atoms with E-state index in [0.29, 0.717) is 30.0 Å². The van der Waals surface area contributed by atoms with Gasteiger partial charge < -0.3 is 14.8 Å². The van der Waals surface area contributed by atoms with Crippen molar-refractivity contribution in [3.05, 3.63) is 28.3 Å². The van der Waals surface area contributed by atoms with E-state index < -0.39 is 4.92 Å². The van der Waals surface area contributed by atoms with Crippen LogP contribution in [-0.4, -0.2) is 27.2 Å². The number of fused-ring (bicyclic) bond motifs is 1. The molecule has 1 saturated carbocycles. The Balaban J connectivity index is 1.84. The van der Waals surface area contributed by atoms with Crippen molar-refractivity contribution >= 4 is 22.8 Å². The third kappa shape index (κ3) is 1.88. The molecule has 1 aromatic carbocycles. The summed E-state index contributed by atoms with van der Waals surface area (Å²) in [6.07, 6.45) is 1.07. The van der Waals surface area contributed by atoms with Crippen LogP contribution in [-0.2, 0) is 0 Å². The standard InChI is InChI=1S/C11H11N3O4/c15-8-3-6(4-8)12-11-13-9-2-1-7(14(16)17)5-10(9)18-11/h1-2,5-6,8,15H,3-4H2,(H,12,13). The molecule has 1 aliphatic carbocycles. The minimum absolute atomic E-state index is 0.0238. The second kappa shape index (κ2) is 3.95. The van der Waals surface area contributed by atoms with E-state index in [2.05, 4.69) is 10.3 Å². The molecular formula is C11H11N3O4. The maximum Gasteiger partial charge on any atom is 0.295 e. The van der Waals surface area contributed by atoms with Crippen molar-refractivity contribution in [3.63, 3.8) is 0 Å². The number of hydrogen-bond donors (Lipinski definition) is 2. The molecule has 1 fully saturated rings. The molecule has 0 aliphatic heterocycles. The van der Waals surface area contributed by atoms with Crippen LogP contribution in [0.25, 0.3) is 11.1 Å². The molecule has 94 valence electrons. The van der Waals surface area contributed by atoms with Gasteiger partial charge in [-0.2, -0.15) is 4.98 Å². The van der Waals surface area contributed by atoms with Gasteiger partial charge in [-0.25, -0.2) is 0 Å². The number of non-ortho nitro benzene ring substituents is 1. The van der Waals surface area contributed by atoms with Crippen LogP contribution in [0.5, 0.6) is 0 Å². The van der Waals surface area contributed by atoms with E-state index in [0.717, 1.165) is 0 Å². The van der Waals surface area contributed by atoms with Crippen molar-refractivity contribution < 1.29 is 14.4 Å². The topological polar surface area (TPSA) is 101 Å². The van der Waals surface area contributed by atoms with E-state index >= 15 is 0 Å². The molecule has 7 heteroatoms. The first-order chi connectivity index (χ1) is 8.61. The van der Waals surface area contributed by atoms with Crippen LogP contribution in [0, 0.1) is 10.1 Å². The van der Waals surface area contributed by atoms with Crippen LogP contribution in [0.1, 0.15) is 12.8 Å². The smallest absolute Gasteiger partial charge is 0.295 e. The average Bonchev–Trinajstić information content (AvgIpc) is 2.67. The van der Waals surface area contributed by atoms with Crippen LogP contribution < -0.4 is 5.32 Å². The van der Waals surface area contributed by atoms with Gasteiger partial charge in [0.15, 0.2) is 5.58 Å². The Morgan fingerprint density at radius 2 is 2.28 bits per heavy atom. The highest BCUT2D eigenvalue weighted by molar-refractivity contribution is 5.77. The number of nitrogens with one attached hydrogen (secondary N) is 1. The minimum Gasteiger partial charge on any atom is -0.423 e. The Bertz CT molecular complexity index is 603. The highest BCUT2D eigenvalue weighted by Crippen LogP contribution is 2.27. The highest BCUT2D eigenvalue weighted by atomic mass is 16.6. The number of aromatic nitrogens is 1. The summed E-state index contributed by atoms with van der Waals surface area (Å²) in [4.78, 5) is 14.3. The molecule has 1 aromatic heterocycles. The monoisotopic (exact) mass is 249 g/mol. The number of nitro benzene ring substituents is 1. The number of nitrogens with zero attached hydrogens (tertiary/aromatic N) is 2. The van der Waals surface area contributed by atoms with E-state index in [9.17, 15) is 10.1 Å². The molecular weight excluding hydrogens is 238 g/mol. The summed E-state index contributed by atoms with van der Waals surface area (Å²) in [6.45, 7) is 0. The number of rotatable bonds is 3. The largest absolute Gasteiger partial charge is 0.423 e. The number of aliphatic hydroxyl groups excluding tert-OH is 1. The van der Waals surface area contributed by atoms with Crippen molar-refractivity contribution in [2.45, 2.75) is 25.0 Å². The molecule has 0 amide bonds. The fraction of sp³-hybridized carbons (Fsp3) is 0.364. The lowest BCUT2D eigenvalue weighted by Gasteiger charge is -2.31. The third-order valence-electron chi connectivity index (χ3n) is 3.02. The van der Waals surface area contributed by atoms with Gasteiger partial charge in [-0.15, -0.1) is 0 Å². The molecule has 0 atom stereocenters. The number of nitro groups is 1. The Morgan fingerprint density at radius 3 is 2.94 bits per heavy atom. The number of anilines is 1. The van der Waals surface area contributed by atoms with Gasteiger partial charge in [0.25, 0.3) is 11.7 Å². The maximum atomic E-state index is 10.6. The molecule has 2 N–H and O–H groups in total. The van der Waals surface area contributed by atoms with Crippen molar-refractivity contribution in [2.75, 3.05) is 5.32 Å². The lowest BCUT2D eigenvalue weighted by atomic mass is 9.90. The van der Waals surface area contributed by atoms with Crippen LogP contribution in [0.4, 0.5) is 11.7 Å². The molecule has 0 spiro atoms. The summed E-state index contributed by atoms with van der Waals surface area (Å²) in [6, 6.07) is 4.79. The SMILES string of the molecule is O=[N+]([O-])c1ccc2nc(NC3CC(O)C3)oc2c1. The zero-order valence-electron chi connectivity index (χ0n) is 9.37. The van der Waals surface area contributed by atoms with Gasteiger partial charge in [-0.05, 0) is 18.9 Å². The number of oxazole rings is 1. The molecule has 0 saturated heterocycles. The van der Waals surface area contributed by atoms with Gasteiger partial charge >= 0.3 is 0 Å². The van der Waals surface area contributed by atoms with Crippen molar-refractivity contribution in [2.24, 2.45) is 0 Å². The van der Waals surface area contributed by atoms with Crippen LogP contribution in [0.15, 0.2) is 22.6 Å². The van der Waals surface area contributed by atoms with Gasteiger partial charge in [0.2, 0.25) is 0 Å². The quantitative estimate of drug-likeness (QED) is 0.633. The Labute approximate surface area is 102 Å². The van der Waals surface area contributed by atoms with Crippen LogP contribution in [0.3, 0.4) is 0 Å². The summed E-state index contributed by atoms with van der Waals surface area (Å²) in [5.74, 6) is 0. The molecule has 0 radical (unpaired) electrons. The Hall–Kier alpha value is -2.15. The van der Waals surface area contributed by atoms with E-state index in [1.807, 2.05) is 0 Å². The number of benzene rings is 1. The summed E-state index contributed by atoms with van der Waals surface area (Å²) in [5.41, 5.74) is 0.929. The lowest BCUT2D eigenvalue weighted by molar-refractivity contribution is -0.384. The second-order valence-electron chi connectivity index (χ2n) is 4.39. The van der Waals surface area contributed by atoms with Crippen molar-refractivity contribution in [3.8, 4) is 0 Å². The first-order valence-electron chi connectivity index (χ1n) is 5.61. The summed E-state index contributed by atoms with van der Waals surface area (Å²) >= 11 is 0. The normalized spacial score (nSPS) is 22.7. The first kappa shape index (κ1) is 11.0. The van der Waals surface area contributed by atoms with Crippen molar-refractivity contribution in [1.29, 1.82) is 0 Å². The fourth-order valence-electron chi connectivity index (χ4n) is 1.97. The number of hydrogen-bond acceptors (Lipinski definition) is 6. The van der Waals surface area contributed by atoms with E-state index in [4.69, 9.17) is 9.52 Å². The third-order valence-corrected chi connectivity index (χ3v) is 3.02. The molecule has 3 rings (SSSR count). The molecule has 7 nitrogen and oxygen atoms in total. The van der Waals surface area contributed by atoms with Crippen LogP contribution >= 0.6 is 0 Å². The van der Waals surface area contributed by atoms with E-state index in [-0.39, 0.29) is 17.8 Å². The van der Waals surface area contributed by atoms with E-state index in [1.165, 1.54) is 12.1 Å². The highest BCUT2D eigenvalue weighted by Gasteiger charge is 2.28. The number of aliphatic hydroxyl groups is 1. The lowest BCUT2D eigenvalue weighted by Crippen LogP contribution is -2.38. The molecule has 18 heavy (non-hydrogen) atoms. The van der Waals surface area contributed by atoms with Crippen LogP contribution in [0.2, 0.25) is 0 Å². The summed E-state index contributed by atoms with van der Waals surface area (Å²) < 4.78 is 5.39. The van der Waals surface area contributed by atoms with Gasteiger partial charge in [0.1, 0.15) is 5.52 Å². The van der Waals surface area contributed by atoms with Crippen molar-refractivity contribution in [1.82, 2.24) is 4.98 Å². The second-order valence-corrected chi connectivity index (χ2v) is 4.39. The van der Waals surface area contributed by atoms with Gasteiger partial charge in [-0.1, -0.05) is 0 Å². The predicted octanol–water partition coefficient (Wildman–Crippen LogP) is 1.67. The minimum atomic E-state index is -0.475. The fourth-order valence-corrected chi connectivity index (χ4v) is 1.97. The Kier molecular flexibility index (Phi) is 2.41. The zero-order valence-corrected chi connectivity index (χ0v) is 9.37. The Morgan fingerprint density at radius 1 is 1.50 bits per heavy atom. The van der Waals surface area contributed by atoms with Gasteiger partial charge in [-0.3, -0.25) is 10.1 Å². The molecule has 1 aliphatic rings.